The number of unbranched alkanes of at least 4 members (excludes halogenated alkanes) is 2. The van der Waals surface area contributed by atoms with E-state index in [4.69, 9.17) is 10.8 Å². The molecule has 0 radical (unpaired) electrons. The number of aliphatic hydroxyl groups excluding tert-OH is 1. The molecule has 0 aliphatic rings. The van der Waals surface area contributed by atoms with Gasteiger partial charge >= 0.3 is 0 Å². The first-order valence-corrected chi connectivity index (χ1v) is 6.78. The van der Waals surface area contributed by atoms with Crippen molar-refractivity contribution in [3.63, 3.8) is 0 Å². The molecule has 2 heterocycles. The van der Waals surface area contributed by atoms with Crippen LogP contribution in [0.1, 0.15) is 38.8 Å². The Bertz CT molecular complexity index is 509. The lowest BCUT2D eigenvalue weighted by atomic mass is 10.2. The molecule has 2 rings (SSSR count). The summed E-state index contributed by atoms with van der Waals surface area (Å²) in [5.41, 5.74) is 7.46. The molecule has 106 valence electrons. The standard InChI is InChI=1S/C11H17N5O.C2H6/c1-8-9-10(12)13-7-14-11(9)16(15-8)5-3-2-4-6-17;1-2/h7,17H,2-6H2,1H3,(H2,12,13,14);1-2H3. The van der Waals surface area contributed by atoms with Gasteiger partial charge in [0.2, 0.25) is 0 Å². The third kappa shape index (κ3) is 3.64. The predicted octanol–water partition coefficient (Wildman–Crippen LogP) is 1.91. The molecular weight excluding hydrogens is 242 g/mol. The van der Waals surface area contributed by atoms with E-state index >= 15 is 0 Å². The number of rotatable bonds is 5. The topological polar surface area (TPSA) is 89.8 Å². The SMILES string of the molecule is CC.Cc1nn(CCCCCO)c2ncnc(N)c12. The van der Waals surface area contributed by atoms with Crippen molar-refractivity contribution in [3.8, 4) is 0 Å². The molecule has 2 aromatic heterocycles. The van der Waals surface area contributed by atoms with Crippen LogP contribution in [0.25, 0.3) is 11.0 Å². The van der Waals surface area contributed by atoms with Gasteiger partial charge in [-0.05, 0) is 26.2 Å². The summed E-state index contributed by atoms with van der Waals surface area (Å²) in [4.78, 5) is 8.19. The molecule has 0 aromatic carbocycles. The Kier molecular flexibility index (Phi) is 6.21. The molecule has 0 fully saturated rings. The van der Waals surface area contributed by atoms with E-state index in [9.17, 15) is 0 Å². The van der Waals surface area contributed by atoms with E-state index in [0.717, 1.165) is 42.5 Å². The van der Waals surface area contributed by atoms with Gasteiger partial charge in [0.25, 0.3) is 0 Å². The molecule has 0 unspecified atom stereocenters. The summed E-state index contributed by atoms with van der Waals surface area (Å²) in [5, 5.41) is 14.0. The van der Waals surface area contributed by atoms with Crippen molar-refractivity contribution in [3.05, 3.63) is 12.0 Å². The Balaban J connectivity index is 0.000000861. The Morgan fingerprint density at radius 1 is 1.21 bits per heavy atom. The van der Waals surface area contributed by atoms with Crippen molar-refractivity contribution in [1.29, 1.82) is 0 Å². The van der Waals surface area contributed by atoms with Gasteiger partial charge in [-0.15, -0.1) is 0 Å². The summed E-state index contributed by atoms with van der Waals surface area (Å²) in [5.74, 6) is 0.481. The average molecular weight is 265 g/mol. The Morgan fingerprint density at radius 2 is 1.95 bits per heavy atom. The third-order valence-electron chi connectivity index (χ3n) is 2.76. The van der Waals surface area contributed by atoms with Crippen molar-refractivity contribution < 1.29 is 5.11 Å². The molecule has 2 aromatic rings. The first-order chi connectivity index (χ1) is 9.24. The zero-order valence-electron chi connectivity index (χ0n) is 11.9. The number of aryl methyl sites for hydroxylation is 2. The number of nitrogens with two attached hydrogens (primary N) is 1. The van der Waals surface area contributed by atoms with E-state index < -0.39 is 0 Å². The van der Waals surface area contributed by atoms with Crippen molar-refractivity contribution in [2.24, 2.45) is 0 Å². The second-order valence-electron chi connectivity index (χ2n) is 4.05. The van der Waals surface area contributed by atoms with Crippen LogP contribution in [0.2, 0.25) is 0 Å². The summed E-state index contributed by atoms with van der Waals surface area (Å²) >= 11 is 0. The first-order valence-electron chi connectivity index (χ1n) is 6.78. The molecule has 0 amide bonds. The summed E-state index contributed by atoms with van der Waals surface area (Å²) in [6, 6.07) is 0. The van der Waals surface area contributed by atoms with Gasteiger partial charge in [0.15, 0.2) is 5.65 Å². The van der Waals surface area contributed by atoms with E-state index in [1.807, 2.05) is 25.5 Å². The molecule has 0 saturated heterocycles. The lowest BCUT2D eigenvalue weighted by molar-refractivity contribution is 0.281. The summed E-state index contributed by atoms with van der Waals surface area (Å²) < 4.78 is 1.86. The van der Waals surface area contributed by atoms with Gasteiger partial charge in [-0.2, -0.15) is 5.10 Å². The maximum Gasteiger partial charge on any atom is 0.163 e. The van der Waals surface area contributed by atoms with Gasteiger partial charge < -0.3 is 10.8 Å². The Morgan fingerprint density at radius 3 is 2.63 bits per heavy atom. The molecule has 0 spiro atoms. The van der Waals surface area contributed by atoms with Crippen LogP contribution in [0.3, 0.4) is 0 Å². The molecule has 0 atom stereocenters. The Hall–Kier alpha value is -1.69. The van der Waals surface area contributed by atoms with Gasteiger partial charge in [-0.3, -0.25) is 0 Å². The second kappa shape index (κ2) is 7.68. The maximum absolute atomic E-state index is 8.72. The van der Waals surface area contributed by atoms with Gasteiger partial charge in [-0.1, -0.05) is 13.8 Å². The summed E-state index contributed by atoms with van der Waals surface area (Å²) in [7, 11) is 0. The first kappa shape index (κ1) is 15.4. The number of aliphatic hydroxyl groups is 1. The number of nitrogen functional groups attached to an aromatic ring is 1. The van der Waals surface area contributed by atoms with Gasteiger partial charge in [0.05, 0.1) is 11.1 Å². The van der Waals surface area contributed by atoms with Crippen LogP contribution >= 0.6 is 0 Å². The van der Waals surface area contributed by atoms with Crippen LogP contribution in [0.15, 0.2) is 6.33 Å². The van der Waals surface area contributed by atoms with Gasteiger partial charge in [0.1, 0.15) is 12.1 Å². The minimum Gasteiger partial charge on any atom is -0.396 e. The number of fused-ring (bicyclic) bond motifs is 1. The third-order valence-corrected chi connectivity index (χ3v) is 2.76. The normalized spacial score (nSPS) is 10.3. The second-order valence-corrected chi connectivity index (χ2v) is 4.05. The van der Waals surface area contributed by atoms with Crippen molar-refractivity contribution >= 4 is 16.9 Å². The quantitative estimate of drug-likeness (QED) is 0.806. The highest BCUT2D eigenvalue weighted by atomic mass is 16.2. The highest BCUT2D eigenvalue weighted by molar-refractivity contribution is 5.87. The zero-order chi connectivity index (χ0) is 14.3. The van der Waals surface area contributed by atoms with Gasteiger partial charge in [0, 0.05) is 13.2 Å². The fraction of sp³-hybridized carbons (Fsp3) is 0.615. The highest BCUT2D eigenvalue weighted by Gasteiger charge is 2.11. The fourth-order valence-corrected chi connectivity index (χ4v) is 1.92. The smallest absolute Gasteiger partial charge is 0.163 e. The number of hydrogen-bond donors (Lipinski definition) is 2. The molecular formula is C13H23N5O. The van der Waals surface area contributed by atoms with Crippen LogP contribution in [-0.2, 0) is 6.54 Å². The van der Waals surface area contributed by atoms with Gasteiger partial charge in [-0.25, -0.2) is 14.6 Å². The average Bonchev–Trinajstić information content (AvgIpc) is 2.75. The maximum atomic E-state index is 8.72. The van der Waals surface area contributed by atoms with Crippen molar-refractivity contribution in [2.45, 2.75) is 46.6 Å². The summed E-state index contributed by atoms with van der Waals surface area (Å²) in [6.45, 7) is 6.95. The molecule has 3 N–H and O–H groups in total. The van der Waals surface area contributed by atoms with Crippen molar-refractivity contribution in [1.82, 2.24) is 19.7 Å². The summed E-state index contributed by atoms with van der Waals surface area (Å²) in [6.07, 6.45) is 4.25. The van der Waals surface area contributed by atoms with E-state index in [0.29, 0.717) is 5.82 Å². The number of aromatic nitrogens is 4. The predicted molar refractivity (Wildman–Crippen MR) is 76.8 cm³/mol. The van der Waals surface area contributed by atoms with Crippen LogP contribution in [0.5, 0.6) is 0 Å². The van der Waals surface area contributed by atoms with Crippen LogP contribution in [0, 0.1) is 6.92 Å². The molecule has 19 heavy (non-hydrogen) atoms. The van der Waals surface area contributed by atoms with Crippen LogP contribution in [0.4, 0.5) is 5.82 Å². The van der Waals surface area contributed by atoms with E-state index in [1.54, 1.807) is 0 Å². The highest BCUT2D eigenvalue weighted by Crippen LogP contribution is 2.20. The molecule has 6 heteroatoms. The molecule has 6 nitrogen and oxygen atoms in total. The van der Waals surface area contributed by atoms with E-state index in [1.165, 1.54) is 6.33 Å². The monoisotopic (exact) mass is 265 g/mol. The molecule has 0 aliphatic carbocycles. The minimum absolute atomic E-state index is 0.244. The minimum atomic E-state index is 0.244. The van der Waals surface area contributed by atoms with Crippen molar-refractivity contribution in [2.75, 3.05) is 12.3 Å². The van der Waals surface area contributed by atoms with Crippen LogP contribution < -0.4 is 5.73 Å². The molecule has 0 bridgehead atoms. The fourth-order valence-electron chi connectivity index (χ4n) is 1.92. The number of anilines is 1. The number of hydrogen-bond acceptors (Lipinski definition) is 5. The van der Waals surface area contributed by atoms with E-state index in [-0.39, 0.29) is 6.61 Å². The van der Waals surface area contributed by atoms with Crippen LogP contribution in [-0.4, -0.2) is 31.5 Å². The van der Waals surface area contributed by atoms with E-state index in [2.05, 4.69) is 15.1 Å². The lowest BCUT2D eigenvalue weighted by Crippen LogP contribution is -2.02. The Labute approximate surface area is 113 Å². The largest absolute Gasteiger partial charge is 0.396 e. The number of nitrogens with zero attached hydrogens (tertiary/aromatic N) is 4. The molecule has 0 aliphatic heterocycles. The zero-order valence-corrected chi connectivity index (χ0v) is 11.9. The lowest BCUT2D eigenvalue weighted by Gasteiger charge is -2.02. The molecule has 0 saturated carbocycles.